The molecule has 1 N–H and O–H groups in total. The Labute approximate surface area is 105 Å². The van der Waals surface area contributed by atoms with Gasteiger partial charge < -0.3 is 9.84 Å². The number of hydrogen-bond acceptors (Lipinski definition) is 3. The number of hydrogen-bond donors (Lipinski definition) is 1. The van der Waals surface area contributed by atoms with Crippen LogP contribution in [0.3, 0.4) is 0 Å². The molecule has 0 saturated carbocycles. The van der Waals surface area contributed by atoms with Crippen LogP contribution < -0.4 is 5.32 Å². The van der Waals surface area contributed by atoms with Gasteiger partial charge in [-0.25, -0.2) is 0 Å². The molecule has 1 amide bonds. The van der Waals surface area contributed by atoms with Gasteiger partial charge in [-0.05, 0) is 19.1 Å². The highest BCUT2D eigenvalue weighted by Gasteiger charge is 2.09. The van der Waals surface area contributed by atoms with Crippen LogP contribution in [0.25, 0.3) is 0 Å². The molecule has 18 heavy (non-hydrogen) atoms. The van der Waals surface area contributed by atoms with Crippen LogP contribution >= 0.6 is 0 Å². The summed E-state index contributed by atoms with van der Waals surface area (Å²) >= 11 is 0. The standard InChI is InChI=1S/C14H12N2O2/c1-11-10-13(18-16-11)14(17)15-9-5-8-12-6-3-2-4-7-12/h2-4,6-7,10H,9H2,1H3,(H,15,17). The smallest absolute Gasteiger partial charge is 0.290 e. The molecule has 1 aromatic heterocycles. The van der Waals surface area contributed by atoms with Crippen LogP contribution in [0.15, 0.2) is 40.9 Å². The van der Waals surface area contributed by atoms with Crippen LogP contribution in [0.1, 0.15) is 21.8 Å². The summed E-state index contributed by atoms with van der Waals surface area (Å²) in [5.74, 6) is 5.71. The Balaban J connectivity index is 1.86. The van der Waals surface area contributed by atoms with Gasteiger partial charge in [0.25, 0.3) is 5.91 Å². The van der Waals surface area contributed by atoms with E-state index in [4.69, 9.17) is 4.52 Å². The first kappa shape index (κ1) is 11.9. The van der Waals surface area contributed by atoms with E-state index in [-0.39, 0.29) is 18.2 Å². The summed E-state index contributed by atoms with van der Waals surface area (Å²) in [6, 6.07) is 11.2. The van der Waals surface area contributed by atoms with E-state index < -0.39 is 0 Å². The molecule has 0 fully saturated rings. The van der Waals surface area contributed by atoms with Crippen LogP contribution in [0.2, 0.25) is 0 Å². The van der Waals surface area contributed by atoms with E-state index in [1.807, 2.05) is 30.3 Å². The number of nitrogens with zero attached hydrogens (tertiary/aromatic N) is 1. The van der Waals surface area contributed by atoms with E-state index in [1.165, 1.54) is 0 Å². The minimum Gasteiger partial charge on any atom is -0.351 e. The van der Waals surface area contributed by atoms with Crippen LogP contribution in [0.5, 0.6) is 0 Å². The van der Waals surface area contributed by atoms with E-state index in [0.29, 0.717) is 5.69 Å². The summed E-state index contributed by atoms with van der Waals surface area (Å²) in [4.78, 5) is 11.6. The maximum absolute atomic E-state index is 11.6. The van der Waals surface area contributed by atoms with Crippen molar-refractivity contribution in [1.82, 2.24) is 10.5 Å². The molecule has 2 rings (SSSR count). The van der Waals surface area contributed by atoms with E-state index in [1.54, 1.807) is 13.0 Å². The highest BCUT2D eigenvalue weighted by molar-refractivity contribution is 5.91. The maximum atomic E-state index is 11.6. The Kier molecular flexibility index (Phi) is 3.77. The van der Waals surface area contributed by atoms with Gasteiger partial charge in [0.05, 0.1) is 12.2 Å². The van der Waals surface area contributed by atoms with Gasteiger partial charge in [-0.3, -0.25) is 4.79 Å². The monoisotopic (exact) mass is 240 g/mol. The van der Waals surface area contributed by atoms with Crippen LogP contribution in [-0.2, 0) is 0 Å². The molecule has 90 valence electrons. The highest BCUT2D eigenvalue weighted by atomic mass is 16.5. The van der Waals surface area contributed by atoms with Crippen molar-refractivity contribution in [2.75, 3.05) is 6.54 Å². The lowest BCUT2D eigenvalue weighted by Gasteiger charge is -1.94. The minimum atomic E-state index is -0.307. The van der Waals surface area contributed by atoms with Crippen molar-refractivity contribution in [3.05, 3.63) is 53.4 Å². The van der Waals surface area contributed by atoms with Gasteiger partial charge in [-0.2, -0.15) is 0 Å². The molecular weight excluding hydrogens is 228 g/mol. The van der Waals surface area contributed by atoms with E-state index in [0.717, 1.165) is 5.56 Å². The molecule has 4 nitrogen and oxygen atoms in total. The number of amides is 1. The largest absolute Gasteiger partial charge is 0.351 e. The second-order valence-electron chi connectivity index (χ2n) is 3.68. The Bertz CT molecular complexity index is 591. The number of rotatable bonds is 2. The molecule has 1 heterocycles. The minimum absolute atomic E-state index is 0.203. The van der Waals surface area contributed by atoms with E-state index in [9.17, 15) is 4.79 Å². The predicted octanol–water partition coefficient (Wildman–Crippen LogP) is 1.76. The predicted molar refractivity (Wildman–Crippen MR) is 66.9 cm³/mol. The molecule has 0 aliphatic heterocycles. The van der Waals surface area contributed by atoms with Gasteiger partial charge >= 0.3 is 0 Å². The van der Waals surface area contributed by atoms with Crippen molar-refractivity contribution in [2.45, 2.75) is 6.92 Å². The number of carbonyl (C=O) groups excluding carboxylic acids is 1. The first-order valence-corrected chi connectivity index (χ1v) is 5.51. The zero-order chi connectivity index (χ0) is 12.8. The number of carbonyl (C=O) groups is 1. The maximum Gasteiger partial charge on any atom is 0.290 e. The molecule has 0 aliphatic rings. The molecule has 0 radical (unpaired) electrons. The summed E-state index contributed by atoms with van der Waals surface area (Å²) in [5, 5.41) is 6.28. The quantitative estimate of drug-likeness (QED) is 0.814. The van der Waals surface area contributed by atoms with Crippen molar-refractivity contribution >= 4 is 5.91 Å². The molecule has 0 saturated heterocycles. The second-order valence-corrected chi connectivity index (χ2v) is 3.68. The average Bonchev–Trinajstić information content (AvgIpc) is 2.82. The average molecular weight is 240 g/mol. The number of aryl methyl sites for hydroxylation is 1. The Hall–Kier alpha value is -2.54. The summed E-state index contributed by atoms with van der Waals surface area (Å²) in [7, 11) is 0. The fraction of sp³-hybridized carbons (Fsp3) is 0.143. The number of aromatic nitrogens is 1. The third kappa shape index (κ3) is 3.22. The fourth-order valence-corrected chi connectivity index (χ4v) is 1.35. The summed E-state index contributed by atoms with van der Waals surface area (Å²) < 4.78 is 4.83. The molecule has 2 aromatic rings. The lowest BCUT2D eigenvalue weighted by molar-refractivity contribution is 0.0922. The zero-order valence-corrected chi connectivity index (χ0v) is 9.93. The Morgan fingerprint density at radius 2 is 2.17 bits per heavy atom. The van der Waals surface area contributed by atoms with Gasteiger partial charge in [0.15, 0.2) is 0 Å². The number of nitrogens with one attached hydrogen (secondary N) is 1. The van der Waals surface area contributed by atoms with Gasteiger partial charge in [-0.15, -0.1) is 0 Å². The van der Waals surface area contributed by atoms with Gasteiger partial charge in [0.1, 0.15) is 0 Å². The topological polar surface area (TPSA) is 55.1 Å². The molecule has 0 unspecified atom stereocenters. The van der Waals surface area contributed by atoms with Gasteiger partial charge in [-0.1, -0.05) is 35.2 Å². The molecule has 0 atom stereocenters. The Morgan fingerprint density at radius 3 is 2.83 bits per heavy atom. The summed E-state index contributed by atoms with van der Waals surface area (Å²) in [6.45, 7) is 2.03. The van der Waals surface area contributed by atoms with Crippen molar-refractivity contribution in [2.24, 2.45) is 0 Å². The fourth-order valence-electron chi connectivity index (χ4n) is 1.35. The van der Waals surface area contributed by atoms with Gasteiger partial charge in [0, 0.05) is 11.6 Å². The summed E-state index contributed by atoms with van der Waals surface area (Å²) in [5.41, 5.74) is 1.60. The molecule has 1 aromatic carbocycles. The highest BCUT2D eigenvalue weighted by Crippen LogP contribution is 2.01. The summed E-state index contributed by atoms with van der Waals surface area (Å²) in [6.07, 6.45) is 0. The first-order chi connectivity index (χ1) is 8.75. The normalized spacial score (nSPS) is 9.39. The third-order valence-corrected chi connectivity index (χ3v) is 2.20. The molecule has 0 bridgehead atoms. The Morgan fingerprint density at radius 1 is 1.39 bits per heavy atom. The third-order valence-electron chi connectivity index (χ3n) is 2.20. The van der Waals surface area contributed by atoms with Crippen molar-refractivity contribution in [1.29, 1.82) is 0 Å². The van der Waals surface area contributed by atoms with E-state index >= 15 is 0 Å². The molecule has 0 aliphatic carbocycles. The lowest BCUT2D eigenvalue weighted by atomic mass is 10.2. The molecule has 4 heteroatoms. The van der Waals surface area contributed by atoms with Crippen LogP contribution in [-0.4, -0.2) is 17.6 Å². The van der Waals surface area contributed by atoms with Crippen molar-refractivity contribution in [3.63, 3.8) is 0 Å². The molecular formula is C14H12N2O2. The van der Waals surface area contributed by atoms with Gasteiger partial charge in [0.2, 0.25) is 5.76 Å². The van der Waals surface area contributed by atoms with Crippen molar-refractivity contribution < 1.29 is 9.32 Å². The second kappa shape index (κ2) is 5.69. The van der Waals surface area contributed by atoms with Crippen LogP contribution in [0.4, 0.5) is 0 Å². The zero-order valence-electron chi connectivity index (χ0n) is 9.93. The SMILES string of the molecule is Cc1cc(C(=O)NCC#Cc2ccccc2)on1. The number of benzene rings is 1. The van der Waals surface area contributed by atoms with Crippen molar-refractivity contribution in [3.8, 4) is 11.8 Å². The van der Waals surface area contributed by atoms with E-state index in [2.05, 4.69) is 22.3 Å². The molecule has 0 spiro atoms. The van der Waals surface area contributed by atoms with Crippen LogP contribution in [0, 0.1) is 18.8 Å². The lowest BCUT2D eigenvalue weighted by Crippen LogP contribution is -2.23. The first-order valence-electron chi connectivity index (χ1n) is 5.51.